The number of hydrogen-bond acceptors (Lipinski definition) is 3. The van der Waals surface area contributed by atoms with Gasteiger partial charge in [-0.25, -0.2) is 4.39 Å². The maximum atomic E-state index is 13.2. The molecule has 4 heteroatoms. The monoisotopic (exact) mass is 274 g/mol. The van der Waals surface area contributed by atoms with Crippen molar-refractivity contribution in [2.75, 3.05) is 7.11 Å². The van der Waals surface area contributed by atoms with Gasteiger partial charge in [0.05, 0.1) is 7.11 Å². The van der Waals surface area contributed by atoms with Gasteiger partial charge in [0.2, 0.25) is 0 Å². The summed E-state index contributed by atoms with van der Waals surface area (Å²) < 4.78 is 18.2. The summed E-state index contributed by atoms with van der Waals surface area (Å²) in [7, 11) is 1.49. The van der Waals surface area contributed by atoms with Crippen LogP contribution in [0.15, 0.2) is 42.5 Å². The van der Waals surface area contributed by atoms with Gasteiger partial charge in [-0.15, -0.1) is 0 Å². The predicted octanol–water partition coefficient (Wildman–Crippen LogP) is 3.63. The Morgan fingerprint density at radius 3 is 2.63 bits per heavy atom. The number of halogens is 1. The molecule has 96 valence electrons. The van der Waals surface area contributed by atoms with Crippen molar-refractivity contribution in [3.63, 3.8) is 0 Å². The molecule has 0 aromatic heterocycles. The molecule has 0 aliphatic heterocycles. The van der Waals surface area contributed by atoms with Crippen molar-refractivity contribution in [2.24, 2.45) is 0 Å². The van der Waals surface area contributed by atoms with Crippen molar-refractivity contribution >= 4 is 23.6 Å². The first-order valence-electron chi connectivity index (χ1n) is 5.60. The van der Waals surface area contributed by atoms with Gasteiger partial charge in [0, 0.05) is 11.1 Å². The second-order valence-corrected chi connectivity index (χ2v) is 4.26. The van der Waals surface area contributed by atoms with Gasteiger partial charge < -0.3 is 4.74 Å². The molecule has 0 aliphatic rings. The van der Waals surface area contributed by atoms with Crippen LogP contribution in [0.2, 0.25) is 0 Å². The van der Waals surface area contributed by atoms with Crippen LogP contribution in [0.5, 0.6) is 0 Å². The third-order valence-corrected chi connectivity index (χ3v) is 3.15. The summed E-state index contributed by atoms with van der Waals surface area (Å²) in [4.78, 5) is 11.1. The number of methoxy groups -OCH3 is 1. The molecule has 0 amide bonds. The number of thiocarbonyl (C=S) groups is 1. The first-order chi connectivity index (χ1) is 9.17. The Labute approximate surface area is 115 Å². The lowest BCUT2D eigenvalue weighted by atomic mass is 9.96. The second-order valence-electron chi connectivity index (χ2n) is 3.89. The summed E-state index contributed by atoms with van der Waals surface area (Å²) in [6, 6.07) is 11.4. The molecule has 2 rings (SSSR count). The van der Waals surface area contributed by atoms with E-state index in [9.17, 15) is 9.18 Å². The number of benzene rings is 2. The molecule has 0 N–H and O–H groups in total. The maximum Gasteiger partial charge on any atom is 0.191 e. The van der Waals surface area contributed by atoms with Gasteiger partial charge in [0.15, 0.2) is 11.3 Å². The molecule has 0 spiro atoms. The van der Waals surface area contributed by atoms with Crippen molar-refractivity contribution in [3.05, 3.63) is 59.4 Å². The van der Waals surface area contributed by atoms with Crippen LogP contribution in [0.4, 0.5) is 4.39 Å². The average Bonchev–Trinajstić information content (AvgIpc) is 2.46. The van der Waals surface area contributed by atoms with E-state index < -0.39 is 5.82 Å². The maximum absolute atomic E-state index is 13.2. The molecule has 0 fully saturated rings. The summed E-state index contributed by atoms with van der Waals surface area (Å²) in [5, 5.41) is 0.330. The lowest BCUT2D eigenvalue weighted by Crippen LogP contribution is -2.03. The van der Waals surface area contributed by atoms with Crippen molar-refractivity contribution < 1.29 is 13.9 Å². The van der Waals surface area contributed by atoms with Crippen LogP contribution in [0, 0.1) is 5.82 Å². The number of carbonyl (C=O) groups excluding carboxylic acids is 1. The van der Waals surface area contributed by atoms with Gasteiger partial charge in [-0.2, -0.15) is 0 Å². The van der Waals surface area contributed by atoms with Gasteiger partial charge >= 0.3 is 0 Å². The number of aldehydes is 1. The zero-order chi connectivity index (χ0) is 13.8. The van der Waals surface area contributed by atoms with Gasteiger partial charge in [-0.05, 0) is 41.5 Å². The van der Waals surface area contributed by atoms with E-state index in [1.807, 2.05) is 18.2 Å². The minimum atomic E-state index is -0.447. The third-order valence-electron chi connectivity index (χ3n) is 2.76. The molecule has 0 saturated carbocycles. The molecule has 0 radical (unpaired) electrons. The smallest absolute Gasteiger partial charge is 0.191 e. The second kappa shape index (κ2) is 5.71. The molecule has 2 aromatic rings. The van der Waals surface area contributed by atoms with Crippen LogP contribution >= 0.6 is 12.2 Å². The van der Waals surface area contributed by atoms with E-state index in [2.05, 4.69) is 0 Å². The molecule has 0 bridgehead atoms. The van der Waals surface area contributed by atoms with E-state index in [0.717, 1.165) is 5.56 Å². The topological polar surface area (TPSA) is 26.3 Å². The molecule has 2 nitrogen and oxygen atoms in total. The summed E-state index contributed by atoms with van der Waals surface area (Å²) in [5.41, 5.74) is 2.36. The molecular formula is C15H11FO2S. The Morgan fingerprint density at radius 1 is 1.21 bits per heavy atom. The van der Waals surface area contributed by atoms with E-state index in [1.165, 1.54) is 19.2 Å². The number of hydrogen-bond donors (Lipinski definition) is 0. The first kappa shape index (κ1) is 13.4. The number of ether oxygens (including phenoxy) is 1. The summed E-state index contributed by atoms with van der Waals surface area (Å²) in [5.74, 6) is -0.447. The fourth-order valence-corrected chi connectivity index (χ4v) is 2.06. The summed E-state index contributed by atoms with van der Waals surface area (Å²) in [6.07, 6.45) is 0.630. The zero-order valence-electron chi connectivity index (χ0n) is 10.2. The molecule has 19 heavy (non-hydrogen) atoms. The SMILES string of the molecule is COC(=S)c1ccccc1-c1ccc(F)cc1C=O. The van der Waals surface area contributed by atoms with Gasteiger partial charge in [0.1, 0.15) is 5.82 Å². The number of carbonyl (C=O) groups is 1. The Hall–Kier alpha value is -2.07. The molecule has 0 heterocycles. The predicted molar refractivity (Wildman–Crippen MR) is 75.9 cm³/mol. The molecule has 0 unspecified atom stereocenters. The highest BCUT2D eigenvalue weighted by Gasteiger charge is 2.13. The Balaban J connectivity index is 2.65. The Bertz CT molecular complexity index is 638. The highest BCUT2D eigenvalue weighted by atomic mass is 32.1. The fourth-order valence-electron chi connectivity index (χ4n) is 1.88. The zero-order valence-corrected chi connectivity index (χ0v) is 11.0. The van der Waals surface area contributed by atoms with E-state index >= 15 is 0 Å². The van der Waals surface area contributed by atoms with Crippen molar-refractivity contribution in [1.29, 1.82) is 0 Å². The van der Waals surface area contributed by atoms with E-state index in [4.69, 9.17) is 17.0 Å². The van der Waals surface area contributed by atoms with Crippen LogP contribution in [-0.4, -0.2) is 18.4 Å². The quantitative estimate of drug-likeness (QED) is 0.631. The minimum Gasteiger partial charge on any atom is -0.486 e. The Morgan fingerprint density at radius 2 is 1.95 bits per heavy atom. The summed E-state index contributed by atoms with van der Waals surface area (Å²) in [6.45, 7) is 0. The van der Waals surface area contributed by atoms with Crippen molar-refractivity contribution in [3.8, 4) is 11.1 Å². The van der Waals surface area contributed by atoms with Crippen LogP contribution in [0.25, 0.3) is 11.1 Å². The Kier molecular flexibility index (Phi) is 4.02. The molecule has 2 aromatic carbocycles. The van der Waals surface area contributed by atoms with E-state index in [1.54, 1.807) is 12.1 Å². The molecule has 0 saturated heterocycles. The van der Waals surface area contributed by atoms with Crippen LogP contribution < -0.4 is 0 Å². The van der Waals surface area contributed by atoms with E-state index in [-0.39, 0.29) is 5.56 Å². The van der Waals surface area contributed by atoms with Gasteiger partial charge in [-0.3, -0.25) is 4.79 Å². The molecule has 0 aliphatic carbocycles. The summed E-state index contributed by atoms with van der Waals surface area (Å²) >= 11 is 5.13. The van der Waals surface area contributed by atoms with Crippen LogP contribution in [0.1, 0.15) is 15.9 Å². The normalized spacial score (nSPS) is 10.0. The molecule has 0 atom stereocenters. The molecular weight excluding hydrogens is 263 g/mol. The van der Waals surface area contributed by atoms with E-state index in [0.29, 0.717) is 22.5 Å². The lowest BCUT2D eigenvalue weighted by molar-refractivity contribution is 0.112. The lowest BCUT2D eigenvalue weighted by Gasteiger charge is -2.11. The first-order valence-corrected chi connectivity index (χ1v) is 6.00. The minimum absolute atomic E-state index is 0.284. The van der Waals surface area contributed by atoms with Crippen molar-refractivity contribution in [2.45, 2.75) is 0 Å². The highest BCUT2D eigenvalue weighted by molar-refractivity contribution is 7.80. The number of rotatable bonds is 3. The van der Waals surface area contributed by atoms with Crippen LogP contribution in [0.3, 0.4) is 0 Å². The average molecular weight is 274 g/mol. The largest absolute Gasteiger partial charge is 0.486 e. The van der Waals surface area contributed by atoms with Crippen molar-refractivity contribution in [1.82, 2.24) is 0 Å². The highest BCUT2D eigenvalue weighted by Crippen LogP contribution is 2.27. The standard InChI is InChI=1S/C15H11FO2S/c1-18-15(19)14-5-3-2-4-13(14)12-7-6-11(16)8-10(12)9-17/h2-9H,1H3. The van der Waals surface area contributed by atoms with Gasteiger partial charge in [-0.1, -0.05) is 24.3 Å². The van der Waals surface area contributed by atoms with Crippen LogP contribution in [-0.2, 0) is 4.74 Å². The third kappa shape index (κ3) is 2.69. The van der Waals surface area contributed by atoms with Gasteiger partial charge in [0.25, 0.3) is 0 Å². The fraction of sp³-hybridized carbons (Fsp3) is 0.0667.